The third-order valence-corrected chi connectivity index (χ3v) is 4.86. The molecule has 0 spiro atoms. The second kappa shape index (κ2) is 12.6. The van der Waals surface area contributed by atoms with E-state index in [4.69, 9.17) is 9.29 Å². The van der Waals surface area contributed by atoms with E-state index in [9.17, 15) is 13.5 Å². The number of hydrogen-bond acceptors (Lipinski definition) is 8. The number of aromatic hydroxyl groups is 1. The fraction of sp³-hybridized carbons (Fsp3) is 0.100. The van der Waals surface area contributed by atoms with E-state index in [0.29, 0.717) is 28.4 Å². The van der Waals surface area contributed by atoms with Gasteiger partial charge < -0.3 is 9.84 Å². The molecule has 0 amide bonds. The van der Waals surface area contributed by atoms with Gasteiger partial charge in [0, 0.05) is 6.07 Å². The van der Waals surface area contributed by atoms with Gasteiger partial charge in [0.2, 0.25) is 0 Å². The van der Waals surface area contributed by atoms with E-state index in [1.165, 1.54) is 25.3 Å². The van der Waals surface area contributed by atoms with Crippen LogP contribution in [0.5, 0.6) is 11.5 Å². The van der Waals surface area contributed by atoms with Crippen molar-refractivity contribution in [3.8, 4) is 11.5 Å². The molecule has 3 aromatic carbocycles. The fourth-order valence-corrected chi connectivity index (χ4v) is 2.97. The van der Waals surface area contributed by atoms with Crippen LogP contribution in [0.25, 0.3) is 0 Å². The Bertz CT molecular complexity index is 1250. The third kappa shape index (κ3) is 7.75. The van der Waals surface area contributed by atoms with Crippen molar-refractivity contribution < 1.29 is 81.9 Å². The van der Waals surface area contributed by atoms with Crippen LogP contribution in [0, 0.1) is 6.92 Å². The number of ether oxygens (including phenoxy) is 1. The van der Waals surface area contributed by atoms with Crippen molar-refractivity contribution in [1.29, 1.82) is 0 Å². The van der Waals surface area contributed by atoms with Crippen LogP contribution in [0.3, 0.4) is 0 Å². The SMILES string of the molecule is COc1cc(N=Nc2cccc(S(=O)(=O)O)c2)ccc1N=Nc1ccc(O)c(C)c1.[Na+].[Na+]. The topological polar surface area (TPSA) is 133 Å². The smallest absolute Gasteiger partial charge is 0.508 e. The van der Waals surface area contributed by atoms with Crippen LogP contribution in [0.4, 0.5) is 22.7 Å². The molecule has 2 N–H and O–H groups in total. The van der Waals surface area contributed by atoms with Gasteiger partial charge in [-0.05, 0) is 61.0 Å². The van der Waals surface area contributed by atoms with Crippen molar-refractivity contribution in [2.24, 2.45) is 20.5 Å². The Balaban J connectivity index is 0.00000256. The number of rotatable bonds is 6. The molecule has 0 saturated heterocycles. The van der Waals surface area contributed by atoms with Gasteiger partial charge >= 0.3 is 59.1 Å². The second-order valence-electron chi connectivity index (χ2n) is 6.20. The predicted octanol–water partition coefficient (Wildman–Crippen LogP) is -0.205. The molecule has 0 heterocycles. The Hall–Kier alpha value is -1.63. The maximum atomic E-state index is 11.2. The largest absolute Gasteiger partial charge is 1.00 e. The van der Waals surface area contributed by atoms with E-state index in [1.54, 1.807) is 49.4 Å². The summed E-state index contributed by atoms with van der Waals surface area (Å²) < 4.78 is 36.9. The zero-order chi connectivity index (χ0) is 21.7. The maximum absolute atomic E-state index is 11.2. The quantitative estimate of drug-likeness (QED) is 0.291. The first kappa shape index (κ1) is 28.4. The molecule has 0 aliphatic carbocycles. The molecule has 0 radical (unpaired) electrons. The monoisotopic (exact) mass is 472 g/mol. The molecular weight excluding hydrogens is 454 g/mol. The maximum Gasteiger partial charge on any atom is 1.00 e. The average molecular weight is 472 g/mol. The number of nitrogens with zero attached hydrogens (tertiary/aromatic N) is 4. The van der Waals surface area contributed by atoms with Crippen molar-refractivity contribution >= 4 is 32.9 Å². The van der Waals surface area contributed by atoms with E-state index >= 15 is 0 Å². The minimum Gasteiger partial charge on any atom is -0.508 e. The summed E-state index contributed by atoms with van der Waals surface area (Å²) in [6.07, 6.45) is 0. The molecule has 154 valence electrons. The normalized spacial score (nSPS) is 11.2. The van der Waals surface area contributed by atoms with Crippen LogP contribution in [-0.2, 0) is 10.1 Å². The van der Waals surface area contributed by atoms with E-state index in [1.807, 2.05) is 0 Å². The van der Waals surface area contributed by atoms with Gasteiger partial charge in [-0.1, -0.05) is 6.07 Å². The van der Waals surface area contributed by atoms with Gasteiger partial charge in [0.05, 0.1) is 29.1 Å². The van der Waals surface area contributed by atoms with Gasteiger partial charge in [0.1, 0.15) is 17.2 Å². The zero-order valence-corrected chi connectivity index (χ0v) is 22.9. The third-order valence-electron chi connectivity index (χ3n) is 4.01. The van der Waals surface area contributed by atoms with E-state index < -0.39 is 10.1 Å². The number of hydrogen-bond donors (Lipinski definition) is 2. The second-order valence-corrected chi connectivity index (χ2v) is 7.62. The fourth-order valence-electron chi connectivity index (χ4n) is 2.45. The molecule has 32 heavy (non-hydrogen) atoms. The molecule has 0 aromatic heterocycles. The Labute approximate surface area is 230 Å². The number of azo groups is 2. The van der Waals surface area contributed by atoms with E-state index in [0.717, 1.165) is 0 Å². The summed E-state index contributed by atoms with van der Waals surface area (Å²) in [7, 11) is -2.84. The minimum absolute atomic E-state index is 0. The van der Waals surface area contributed by atoms with E-state index in [-0.39, 0.29) is 75.4 Å². The summed E-state index contributed by atoms with van der Waals surface area (Å²) in [5.41, 5.74) is 2.44. The summed E-state index contributed by atoms with van der Waals surface area (Å²) in [4.78, 5) is -0.267. The summed E-state index contributed by atoms with van der Waals surface area (Å²) in [6.45, 7) is 1.76. The first-order valence-electron chi connectivity index (χ1n) is 8.65. The van der Waals surface area contributed by atoms with Crippen LogP contribution >= 0.6 is 0 Å². The Kier molecular flexibility index (Phi) is 11.2. The van der Waals surface area contributed by atoms with Crippen LogP contribution < -0.4 is 63.9 Å². The molecule has 0 unspecified atom stereocenters. The van der Waals surface area contributed by atoms with Crippen LogP contribution in [0.1, 0.15) is 5.56 Å². The van der Waals surface area contributed by atoms with Crippen molar-refractivity contribution in [3.05, 3.63) is 66.2 Å². The molecule has 3 rings (SSSR count). The molecule has 0 bridgehead atoms. The Morgan fingerprint density at radius 3 is 2.03 bits per heavy atom. The van der Waals surface area contributed by atoms with Gasteiger partial charge in [0.15, 0.2) is 0 Å². The van der Waals surface area contributed by atoms with Gasteiger partial charge in [-0.2, -0.15) is 23.8 Å². The van der Waals surface area contributed by atoms with E-state index in [2.05, 4.69) is 20.5 Å². The zero-order valence-electron chi connectivity index (χ0n) is 18.1. The number of benzene rings is 3. The van der Waals surface area contributed by atoms with Crippen LogP contribution in [0.15, 0.2) is 86.0 Å². The Morgan fingerprint density at radius 1 is 0.812 bits per heavy atom. The molecular formula is C20H18N4Na2O5S+2. The van der Waals surface area contributed by atoms with Crippen molar-refractivity contribution in [1.82, 2.24) is 0 Å². The van der Waals surface area contributed by atoms with Crippen molar-refractivity contribution in [2.45, 2.75) is 11.8 Å². The minimum atomic E-state index is -4.32. The number of methoxy groups -OCH3 is 1. The molecule has 0 aliphatic heterocycles. The van der Waals surface area contributed by atoms with Crippen LogP contribution in [0.2, 0.25) is 0 Å². The first-order chi connectivity index (χ1) is 14.3. The number of phenolic OH excluding ortho intramolecular Hbond substituents is 1. The molecule has 3 aromatic rings. The van der Waals surface area contributed by atoms with Gasteiger partial charge in [-0.3, -0.25) is 4.55 Å². The molecule has 12 heteroatoms. The van der Waals surface area contributed by atoms with Gasteiger partial charge in [-0.25, -0.2) is 0 Å². The average Bonchev–Trinajstić information content (AvgIpc) is 2.73. The number of phenols is 1. The summed E-state index contributed by atoms with van der Waals surface area (Å²) in [5.74, 6) is 0.598. The summed E-state index contributed by atoms with van der Waals surface area (Å²) >= 11 is 0. The first-order valence-corrected chi connectivity index (χ1v) is 10.1. The number of aryl methyl sites for hydroxylation is 1. The van der Waals surface area contributed by atoms with Crippen molar-refractivity contribution in [3.63, 3.8) is 0 Å². The molecule has 0 atom stereocenters. The molecule has 9 nitrogen and oxygen atoms in total. The molecule has 0 aliphatic rings. The molecule has 0 saturated carbocycles. The van der Waals surface area contributed by atoms with Gasteiger partial charge in [-0.15, -0.1) is 5.11 Å². The van der Waals surface area contributed by atoms with Crippen LogP contribution in [-0.4, -0.2) is 25.2 Å². The summed E-state index contributed by atoms with van der Waals surface area (Å²) in [5, 5.41) is 25.9. The standard InChI is InChI=1S/C20H18N4O5S.2Na/c1-13-10-15(7-9-19(13)25)23-24-18-8-6-16(12-20(18)29-2)22-21-14-4-3-5-17(11-14)30(26,27)28;;/h3-12,25H,1-2H3,(H,26,27,28);;/q;2*+1. The molecule has 0 fully saturated rings. The predicted molar refractivity (Wildman–Crippen MR) is 110 cm³/mol. The Morgan fingerprint density at radius 2 is 1.41 bits per heavy atom. The van der Waals surface area contributed by atoms with Crippen molar-refractivity contribution in [2.75, 3.05) is 7.11 Å². The summed E-state index contributed by atoms with van der Waals surface area (Å²) in [6, 6.07) is 15.3. The van der Waals surface area contributed by atoms with Gasteiger partial charge in [0.25, 0.3) is 10.1 Å².